The summed E-state index contributed by atoms with van der Waals surface area (Å²) in [7, 11) is 0. The smallest absolute Gasteiger partial charge is 0.0635 e. The largest absolute Gasteiger partial charge is 0.308 e. The van der Waals surface area contributed by atoms with Crippen molar-refractivity contribution < 1.29 is 0 Å². The minimum atomic E-state index is 1.20. The number of thiophene rings is 3. The minimum absolute atomic E-state index is 1.20. The van der Waals surface area contributed by atoms with Gasteiger partial charge in [-0.25, -0.2) is 0 Å². The molecule has 0 aliphatic heterocycles. The molecule has 0 aliphatic carbocycles. The molecule has 0 saturated heterocycles. The highest BCUT2D eigenvalue weighted by atomic mass is 32.1. The summed E-state index contributed by atoms with van der Waals surface area (Å²) in [6.45, 7) is 0. The SMILES string of the molecule is c1csc(-c2ccc(-c3cccs3)n2-c2ccc(-c3ccsc3)cc2)c1. The monoisotopic (exact) mass is 389 g/mol. The van der Waals surface area contributed by atoms with Crippen LogP contribution in [-0.4, -0.2) is 4.57 Å². The number of benzene rings is 1. The van der Waals surface area contributed by atoms with E-state index in [1.54, 1.807) is 34.0 Å². The molecule has 5 aromatic rings. The van der Waals surface area contributed by atoms with Gasteiger partial charge in [0, 0.05) is 5.69 Å². The Morgan fingerprint density at radius 2 is 1.23 bits per heavy atom. The second kappa shape index (κ2) is 6.72. The van der Waals surface area contributed by atoms with Crippen molar-refractivity contribution in [3.8, 4) is 38.0 Å². The first-order valence-corrected chi connectivity index (χ1v) is 11.0. The number of aromatic nitrogens is 1. The summed E-state index contributed by atoms with van der Waals surface area (Å²) >= 11 is 5.30. The first kappa shape index (κ1) is 15.8. The summed E-state index contributed by atoms with van der Waals surface area (Å²) in [5.41, 5.74) is 6.22. The highest BCUT2D eigenvalue weighted by molar-refractivity contribution is 7.14. The molecule has 4 heteroatoms. The van der Waals surface area contributed by atoms with Crippen LogP contribution in [0.3, 0.4) is 0 Å². The predicted octanol–water partition coefficient (Wildman–Crippen LogP) is 7.66. The third-order valence-electron chi connectivity index (χ3n) is 4.41. The van der Waals surface area contributed by atoms with Crippen molar-refractivity contribution in [2.24, 2.45) is 0 Å². The molecule has 4 aromatic heterocycles. The molecule has 126 valence electrons. The number of hydrogen-bond acceptors (Lipinski definition) is 3. The lowest BCUT2D eigenvalue weighted by atomic mass is 10.1. The second-order valence-electron chi connectivity index (χ2n) is 5.95. The molecule has 0 N–H and O–H groups in total. The van der Waals surface area contributed by atoms with Gasteiger partial charge in [0.25, 0.3) is 0 Å². The second-order valence-corrected chi connectivity index (χ2v) is 8.63. The average Bonchev–Trinajstić information content (AvgIpc) is 3.49. The standard InChI is InChI=1S/C22H15NS3/c1-3-21(25-12-1)19-9-10-20(22-4-2-13-26-22)23(19)18-7-5-16(6-8-18)17-11-14-24-15-17/h1-15H. The van der Waals surface area contributed by atoms with Crippen molar-refractivity contribution in [2.45, 2.75) is 0 Å². The fraction of sp³-hybridized carbons (Fsp3) is 0. The van der Waals surface area contributed by atoms with E-state index in [4.69, 9.17) is 0 Å². The molecule has 0 spiro atoms. The Bertz CT molecular complexity index is 1050. The van der Waals surface area contributed by atoms with E-state index in [2.05, 4.69) is 92.8 Å². The van der Waals surface area contributed by atoms with Crippen LogP contribution >= 0.6 is 34.0 Å². The van der Waals surface area contributed by atoms with Gasteiger partial charge in [0.2, 0.25) is 0 Å². The van der Waals surface area contributed by atoms with Crippen LogP contribution in [-0.2, 0) is 0 Å². The van der Waals surface area contributed by atoms with Gasteiger partial charge in [0.15, 0.2) is 0 Å². The first-order valence-electron chi connectivity index (χ1n) is 8.33. The number of hydrogen-bond donors (Lipinski definition) is 0. The highest BCUT2D eigenvalue weighted by Crippen LogP contribution is 2.36. The fourth-order valence-corrected chi connectivity index (χ4v) is 5.33. The molecule has 0 fully saturated rings. The molecule has 26 heavy (non-hydrogen) atoms. The van der Waals surface area contributed by atoms with Crippen molar-refractivity contribution in [1.82, 2.24) is 4.57 Å². The molecule has 0 unspecified atom stereocenters. The Morgan fingerprint density at radius 3 is 1.73 bits per heavy atom. The molecule has 0 radical (unpaired) electrons. The third kappa shape index (κ3) is 2.76. The normalized spacial score (nSPS) is 11.1. The van der Waals surface area contributed by atoms with Gasteiger partial charge in [-0.1, -0.05) is 24.3 Å². The van der Waals surface area contributed by atoms with Gasteiger partial charge in [0.05, 0.1) is 21.1 Å². The first-order chi connectivity index (χ1) is 12.9. The van der Waals surface area contributed by atoms with E-state index in [9.17, 15) is 0 Å². The topological polar surface area (TPSA) is 4.93 Å². The molecule has 5 rings (SSSR count). The summed E-state index contributed by atoms with van der Waals surface area (Å²) < 4.78 is 2.37. The lowest BCUT2D eigenvalue weighted by Gasteiger charge is -2.13. The van der Waals surface area contributed by atoms with Crippen molar-refractivity contribution in [3.05, 3.63) is 88.3 Å². The van der Waals surface area contributed by atoms with E-state index in [-0.39, 0.29) is 0 Å². The summed E-state index contributed by atoms with van der Waals surface area (Å²) in [4.78, 5) is 2.57. The maximum Gasteiger partial charge on any atom is 0.0635 e. The Morgan fingerprint density at radius 1 is 0.577 bits per heavy atom. The zero-order valence-corrected chi connectivity index (χ0v) is 16.3. The van der Waals surface area contributed by atoms with Crippen LogP contribution in [0.15, 0.2) is 88.3 Å². The van der Waals surface area contributed by atoms with Crippen molar-refractivity contribution in [2.75, 3.05) is 0 Å². The fourth-order valence-electron chi connectivity index (χ4n) is 3.18. The Kier molecular flexibility index (Phi) is 4.09. The van der Waals surface area contributed by atoms with Crippen LogP contribution in [0.5, 0.6) is 0 Å². The lowest BCUT2D eigenvalue weighted by Crippen LogP contribution is -1.97. The van der Waals surface area contributed by atoms with E-state index < -0.39 is 0 Å². The maximum atomic E-state index is 2.37. The lowest BCUT2D eigenvalue weighted by molar-refractivity contribution is 1.10. The van der Waals surface area contributed by atoms with Gasteiger partial charge >= 0.3 is 0 Å². The zero-order chi connectivity index (χ0) is 17.3. The molecule has 0 saturated carbocycles. The van der Waals surface area contributed by atoms with E-state index in [0.29, 0.717) is 0 Å². The molecule has 0 atom stereocenters. The quantitative estimate of drug-likeness (QED) is 0.297. The van der Waals surface area contributed by atoms with Crippen molar-refractivity contribution in [1.29, 1.82) is 0 Å². The molecule has 0 aliphatic rings. The Labute approximate surface area is 164 Å². The molecule has 0 amide bonds. The van der Waals surface area contributed by atoms with Crippen LogP contribution in [0.1, 0.15) is 0 Å². The molecule has 0 bridgehead atoms. The van der Waals surface area contributed by atoms with Crippen molar-refractivity contribution >= 4 is 34.0 Å². The molecule has 1 nitrogen and oxygen atoms in total. The van der Waals surface area contributed by atoms with Crippen LogP contribution in [0.4, 0.5) is 0 Å². The molecular formula is C22H15NS3. The summed E-state index contributed by atoms with van der Waals surface area (Å²) in [5.74, 6) is 0. The summed E-state index contributed by atoms with van der Waals surface area (Å²) in [6.07, 6.45) is 0. The van der Waals surface area contributed by atoms with E-state index in [0.717, 1.165) is 0 Å². The molecule has 4 heterocycles. The van der Waals surface area contributed by atoms with E-state index in [1.165, 1.54) is 38.0 Å². The van der Waals surface area contributed by atoms with E-state index in [1.807, 2.05) is 0 Å². The zero-order valence-electron chi connectivity index (χ0n) is 13.8. The van der Waals surface area contributed by atoms with E-state index >= 15 is 0 Å². The highest BCUT2D eigenvalue weighted by Gasteiger charge is 2.15. The summed E-state index contributed by atoms with van der Waals surface area (Å²) in [6, 6.07) is 24.1. The van der Waals surface area contributed by atoms with Crippen LogP contribution in [0, 0.1) is 0 Å². The Hall–Kier alpha value is -2.40. The van der Waals surface area contributed by atoms with Gasteiger partial charge in [-0.3, -0.25) is 0 Å². The van der Waals surface area contributed by atoms with Gasteiger partial charge in [-0.05, 0) is 75.1 Å². The van der Waals surface area contributed by atoms with Gasteiger partial charge in [-0.15, -0.1) is 22.7 Å². The minimum Gasteiger partial charge on any atom is -0.308 e. The predicted molar refractivity (Wildman–Crippen MR) is 116 cm³/mol. The maximum absolute atomic E-state index is 2.37. The van der Waals surface area contributed by atoms with Gasteiger partial charge in [0.1, 0.15) is 0 Å². The molecular weight excluding hydrogens is 374 g/mol. The van der Waals surface area contributed by atoms with Gasteiger partial charge in [-0.2, -0.15) is 11.3 Å². The number of nitrogens with zero attached hydrogens (tertiary/aromatic N) is 1. The Balaban J connectivity index is 1.66. The van der Waals surface area contributed by atoms with Crippen LogP contribution in [0.25, 0.3) is 38.0 Å². The average molecular weight is 390 g/mol. The van der Waals surface area contributed by atoms with Crippen LogP contribution < -0.4 is 0 Å². The van der Waals surface area contributed by atoms with Gasteiger partial charge < -0.3 is 4.57 Å². The van der Waals surface area contributed by atoms with Crippen LogP contribution in [0.2, 0.25) is 0 Å². The third-order valence-corrected chi connectivity index (χ3v) is 6.88. The number of rotatable bonds is 4. The molecule has 1 aromatic carbocycles. The van der Waals surface area contributed by atoms with Crippen molar-refractivity contribution in [3.63, 3.8) is 0 Å². The summed E-state index contributed by atoms with van der Waals surface area (Å²) in [5, 5.41) is 8.59.